The Morgan fingerprint density at radius 3 is 2.53 bits per heavy atom. The van der Waals surface area contributed by atoms with Gasteiger partial charge in [0.1, 0.15) is 17.1 Å². The van der Waals surface area contributed by atoms with Crippen LogP contribution in [0.25, 0.3) is 0 Å². The number of nitrogens with zero attached hydrogens (tertiary/aromatic N) is 1. The Hall–Kier alpha value is -2.62. The third-order valence-corrected chi connectivity index (χ3v) is 8.26. The summed E-state index contributed by atoms with van der Waals surface area (Å²) in [5.41, 5.74) is 0.580. The van der Waals surface area contributed by atoms with Gasteiger partial charge in [0.25, 0.3) is 5.91 Å². The molecule has 4 rings (SSSR count). The number of morpholine rings is 1. The molecule has 0 spiro atoms. The molecular formula is C25H32N2O6S. The zero-order valence-electron chi connectivity index (χ0n) is 19.9. The number of para-hydroxylation sites is 1. The van der Waals surface area contributed by atoms with E-state index in [9.17, 15) is 13.2 Å². The average Bonchev–Trinajstić information content (AvgIpc) is 2.88. The van der Waals surface area contributed by atoms with Crippen LogP contribution in [0.4, 0.5) is 0 Å². The van der Waals surface area contributed by atoms with E-state index in [1.54, 1.807) is 4.90 Å². The van der Waals surface area contributed by atoms with Crippen molar-refractivity contribution in [2.75, 3.05) is 33.4 Å². The Morgan fingerprint density at radius 1 is 1.15 bits per heavy atom. The van der Waals surface area contributed by atoms with Crippen molar-refractivity contribution in [1.82, 2.24) is 9.62 Å². The molecule has 0 unspecified atom stereocenters. The van der Waals surface area contributed by atoms with E-state index in [4.69, 9.17) is 14.2 Å². The Bertz CT molecular complexity index is 1140. The van der Waals surface area contributed by atoms with Gasteiger partial charge in [-0.1, -0.05) is 32.0 Å². The lowest BCUT2D eigenvalue weighted by Crippen LogP contribution is -2.44. The molecule has 184 valence electrons. The van der Waals surface area contributed by atoms with Crippen LogP contribution in [0.15, 0.2) is 47.4 Å². The van der Waals surface area contributed by atoms with Crippen LogP contribution in [0.2, 0.25) is 0 Å². The lowest BCUT2D eigenvalue weighted by molar-refractivity contribution is 0.0260. The van der Waals surface area contributed by atoms with E-state index in [2.05, 4.69) is 18.6 Å². The zero-order valence-corrected chi connectivity index (χ0v) is 20.7. The van der Waals surface area contributed by atoms with Crippen LogP contribution >= 0.6 is 0 Å². The van der Waals surface area contributed by atoms with Gasteiger partial charge >= 0.3 is 0 Å². The summed E-state index contributed by atoms with van der Waals surface area (Å²) in [7, 11) is -2.47. The number of sulfonamides is 1. The number of carbonyl (C=O) groups is 1. The molecule has 0 saturated carbocycles. The second-order valence-corrected chi connectivity index (χ2v) is 10.4. The van der Waals surface area contributed by atoms with Crippen molar-refractivity contribution >= 4 is 15.9 Å². The van der Waals surface area contributed by atoms with Crippen LogP contribution in [-0.4, -0.2) is 58.2 Å². The molecule has 0 bridgehead atoms. The maximum absolute atomic E-state index is 13.5. The highest BCUT2D eigenvalue weighted by Gasteiger charge is 2.40. The standard InChI is InChI=1S/C25H32N2O6S/c1-4-25(5-2)17-21(19-8-6-7-9-23(19)33-25)26-34(29,30)18-10-11-22(31-3)20(16-18)24(28)27-12-14-32-15-13-27/h6-11,16,21,26H,4-5,12-15,17H2,1-3H3/t21-/m1/s1. The minimum Gasteiger partial charge on any atom is -0.496 e. The maximum atomic E-state index is 13.5. The number of ether oxygens (including phenoxy) is 3. The highest BCUT2D eigenvalue weighted by atomic mass is 32.2. The van der Waals surface area contributed by atoms with E-state index in [0.29, 0.717) is 44.2 Å². The van der Waals surface area contributed by atoms with Crippen LogP contribution in [-0.2, 0) is 14.8 Å². The van der Waals surface area contributed by atoms with E-state index in [1.807, 2.05) is 24.3 Å². The van der Waals surface area contributed by atoms with Gasteiger partial charge in [0.2, 0.25) is 10.0 Å². The van der Waals surface area contributed by atoms with Crippen LogP contribution in [0.1, 0.15) is 55.1 Å². The number of amides is 1. The summed E-state index contributed by atoms with van der Waals surface area (Å²) in [5.74, 6) is 0.760. The molecule has 0 aromatic heterocycles. The Kier molecular flexibility index (Phi) is 7.16. The Morgan fingerprint density at radius 2 is 1.85 bits per heavy atom. The molecule has 1 fully saturated rings. The number of fused-ring (bicyclic) bond motifs is 1. The largest absolute Gasteiger partial charge is 0.496 e. The minimum atomic E-state index is -3.94. The average molecular weight is 489 g/mol. The van der Waals surface area contributed by atoms with Gasteiger partial charge in [-0.2, -0.15) is 0 Å². The number of hydrogen-bond acceptors (Lipinski definition) is 6. The molecule has 1 saturated heterocycles. The topological polar surface area (TPSA) is 94.2 Å². The summed E-state index contributed by atoms with van der Waals surface area (Å²) in [6.45, 7) is 5.91. The van der Waals surface area contributed by atoms with Gasteiger partial charge in [-0.25, -0.2) is 13.1 Å². The van der Waals surface area contributed by atoms with Crippen molar-refractivity contribution in [2.45, 2.75) is 49.6 Å². The highest BCUT2D eigenvalue weighted by molar-refractivity contribution is 7.89. The van der Waals surface area contributed by atoms with Gasteiger partial charge in [0.15, 0.2) is 0 Å². The Balaban J connectivity index is 1.66. The van der Waals surface area contributed by atoms with Crippen molar-refractivity contribution in [1.29, 1.82) is 0 Å². The molecule has 2 aromatic carbocycles. The predicted octanol–water partition coefficient (Wildman–Crippen LogP) is 3.53. The van der Waals surface area contributed by atoms with Crippen molar-refractivity contribution in [3.63, 3.8) is 0 Å². The summed E-state index contributed by atoms with van der Waals surface area (Å²) < 4.78 is 46.9. The summed E-state index contributed by atoms with van der Waals surface area (Å²) in [4.78, 5) is 14.8. The smallest absolute Gasteiger partial charge is 0.257 e. The zero-order chi connectivity index (χ0) is 24.3. The summed E-state index contributed by atoms with van der Waals surface area (Å²) in [5, 5.41) is 0. The lowest BCUT2D eigenvalue weighted by Gasteiger charge is -2.41. The van der Waals surface area contributed by atoms with Crippen molar-refractivity contribution in [3.05, 3.63) is 53.6 Å². The lowest BCUT2D eigenvalue weighted by atomic mass is 9.84. The first-order valence-electron chi connectivity index (χ1n) is 11.7. The van der Waals surface area contributed by atoms with Gasteiger partial charge in [-0.15, -0.1) is 0 Å². The van der Waals surface area contributed by atoms with Gasteiger partial charge in [0, 0.05) is 25.1 Å². The van der Waals surface area contributed by atoms with E-state index in [0.717, 1.165) is 18.4 Å². The van der Waals surface area contributed by atoms with Crippen LogP contribution in [0.3, 0.4) is 0 Å². The second kappa shape index (κ2) is 9.93. The molecule has 8 nitrogen and oxygen atoms in total. The number of benzene rings is 2. The fourth-order valence-corrected chi connectivity index (χ4v) is 5.86. The van der Waals surface area contributed by atoms with E-state index in [-0.39, 0.29) is 16.4 Å². The SMILES string of the molecule is CCC1(CC)C[C@@H](NS(=O)(=O)c2ccc(OC)c(C(=O)N3CCOCC3)c2)c2ccccc2O1. The van der Waals surface area contributed by atoms with Crippen molar-refractivity contribution < 1.29 is 27.4 Å². The fraction of sp³-hybridized carbons (Fsp3) is 0.480. The van der Waals surface area contributed by atoms with Gasteiger partial charge in [-0.05, 0) is 37.1 Å². The van der Waals surface area contributed by atoms with Crippen molar-refractivity contribution in [2.24, 2.45) is 0 Å². The summed E-state index contributed by atoms with van der Waals surface area (Å²) in [6, 6.07) is 11.5. The first-order chi connectivity index (χ1) is 16.3. The molecule has 2 aromatic rings. The van der Waals surface area contributed by atoms with Crippen LogP contribution < -0.4 is 14.2 Å². The maximum Gasteiger partial charge on any atom is 0.257 e. The second-order valence-electron chi connectivity index (χ2n) is 8.67. The molecule has 9 heteroatoms. The molecule has 2 aliphatic rings. The molecule has 34 heavy (non-hydrogen) atoms. The highest BCUT2D eigenvalue weighted by Crippen LogP contribution is 2.43. The normalized spacial score (nSPS) is 19.7. The molecule has 0 aliphatic carbocycles. The predicted molar refractivity (Wildman–Crippen MR) is 128 cm³/mol. The quantitative estimate of drug-likeness (QED) is 0.641. The third-order valence-electron chi connectivity index (χ3n) is 6.79. The molecule has 1 amide bonds. The van der Waals surface area contributed by atoms with E-state index < -0.39 is 21.7 Å². The summed E-state index contributed by atoms with van der Waals surface area (Å²) in [6.07, 6.45) is 2.04. The number of hydrogen-bond donors (Lipinski definition) is 1. The first-order valence-corrected chi connectivity index (χ1v) is 13.2. The van der Waals surface area contributed by atoms with E-state index in [1.165, 1.54) is 25.3 Å². The number of rotatable bonds is 7. The van der Waals surface area contributed by atoms with Crippen molar-refractivity contribution in [3.8, 4) is 11.5 Å². The molecule has 2 aliphatic heterocycles. The van der Waals surface area contributed by atoms with E-state index >= 15 is 0 Å². The van der Waals surface area contributed by atoms with Crippen LogP contribution in [0, 0.1) is 0 Å². The molecule has 1 atom stereocenters. The Labute approximate surface area is 201 Å². The first kappa shape index (κ1) is 24.5. The van der Waals surface area contributed by atoms with Gasteiger partial charge in [0.05, 0.1) is 36.8 Å². The minimum absolute atomic E-state index is 0.0208. The number of nitrogens with one attached hydrogen (secondary N) is 1. The fourth-order valence-electron chi connectivity index (χ4n) is 4.62. The monoisotopic (exact) mass is 488 g/mol. The molecule has 0 radical (unpaired) electrons. The molecular weight excluding hydrogens is 456 g/mol. The van der Waals surface area contributed by atoms with Gasteiger partial charge < -0.3 is 19.1 Å². The molecule has 1 N–H and O–H groups in total. The number of methoxy groups -OCH3 is 1. The van der Waals surface area contributed by atoms with Crippen LogP contribution in [0.5, 0.6) is 11.5 Å². The van der Waals surface area contributed by atoms with Gasteiger partial charge in [-0.3, -0.25) is 4.79 Å². The number of carbonyl (C=O) groups excluding carboxylic acids is 1. The third kappa shape index (κ3) is 4.78. The molecule has 2 heterocycles. The summed E-state index contributed by atoms with van der Waals surface area (Å²) >= 11 is 0.